The molecule has 12 heteroatoms. The van der Waals surface area contributed by atoms with Crippen molar-refractivity contribution in [3.8, 4) is 5.75 Å². The van der Waals surface area contributed by atoms with E-state index in [1.807, 2.05) is 0 Å². The smallest absolute Gasteiger partial charge is 0.338 e. The highest BCUT2D eigenvalue weighted by molar-refractivity contribution is 7.89. The number of hydrogen-bond donors (Lipinski definition) is 3. The van der Waals surface area contributed by atoms with Gasteiger partial charge in [-0.3, -0.25) is 0 Å². The number of methoxy groups -OCH3 is 1. The number of hydrogen-bond acceptors (Lipinski definition) is 8. The molecular formula is C21H27N3O8S. The number of rotatable bonds is 9. The summed E-state index contributed by atoms with van der Waals surface area (Å²) < 4.78 is 43.8. The van der Waals surface area contributed by atoms with Crippen LogP contribution in [0.4, 0.5) is 4.79 Å². The second-order valence-electron chi connectivity index (χ2n) is 7.53. The lowest BCUT2D eigenvalue weighted by Gasteiger charge is -2.21. The van der Waals surface area contributed by atoms with Crippen LogP contribution in [-0.4, -0.2) is 59.3 Å². The second kappa shape index (κ2) is 10.7. The van der Waals surface area contributed by atoms with E-state index < -0.39 is 34.6 Å². The highest BCUT2D eigenvalue weighted by Crippen LogP contribution is 2.27. The molecule has 0 radical (unpaired) electrons. The quantitative estimate of drug-likeness (QED) is 0.446. The van der Waals surface area contributed by atoms with E-state index in [1.165, 1.54) is 25.3 Å². The third kappa shape index (κ3) is 6.02. The van der Waals surface area contributed by atoms with Crippen LogP contribution in [0.1, 0.15) is 43.0 Å². The van der Waals surface area contributed by atoms with Gasteiger partial charge in [0.05, 0.1) is 37.1 Å². The van der Waals surface area contributed by atoms with Gasteiger partial charge in [0.25, 0.3) is 0 Å². The Labute approximate surface area is 191 Å². The molecule has 0 bridgehead atoms. The summed E-state index contributed by atoms with van der Waals surface area (Å²) in [5, 5.41) is 4.88. The Morgan fingerprint density at radius 3 is 2.55 bits per heavy atom. The Hall–Kier alpha value is -3.12. The molecule has 0 aromatic heterocycles. The van der Waals surface area contributed by atoms with Crippen LogP contribution in [0.3, 0.4) is 0 Å². The van der Waals surface area contributed by atoms with Crippen molar-refractivity contribution in [1.82, 2.24) is 15.4 Å². The Morgan fingerprint density at radius 2 is 1.88 bits per heavy atom. The molecule has 0 saturated heterocycles. The first-order valence-corrected chi connectivity index (χ1v) is 12.0. The number of amides is 2. The minimum Gasteiger partial charge on any atom is -0.495 e. The number of nitrogens with one attached hydrogen (secondary N) is 3. The maximum absolute atomic E-state index is 12.9. The average molecular weight is 482 g/mol. The molecule has 3 rings (SSSR count). The van der Waals surface area contributed by atoms with Gasteiger partial charge in [-0.25, -0.2) is 27.5 Å². The fourth-order valence-electron chi connectivity index (χ4n) is 3.63. The fourth-order valence-corrected chi connectivity index (χ4v) is 5.13. The van der Waals surface area contributed by atoms with Crippen LogP contribution in [0.15, 0.2) is 34.4 Å². The van der Waals surface area contributed by atoms with Gasteiger partial charge in [0, 0.05) is 6.04 Å². The first-order chi connectivity index (χ1) is 15.7. The van der Waals surface area contributed by atoms with E-state index >= 15 is 0 Å². The number of sulfonamides is 1. The molecule has 33 heavy (non-hydrogen) atoms. The zero-order valence-electron chi connectivity index (χ0n) is 18.4. The fraction of sp³-hybridized carbons (Fsp3) is 0.476. The molecule has 1 aromatic carbocycles. The Kier molecular flexibility index (Phi) is 7.92. The molecule has 1 aliphatic carbocycles. The molecular weight excluding hydrogens is 454 g/mol. The zero-order chi connectivity index (χ0) is 24.0. The molecule has 1 aromatic rings. The lowest BCUT2D eigenvalue weighted by molar-refractivity contribution is -0.138. The van der Waals surface area contributed by atoms with Crippen molar-refractivity contribution >= 4 is 28.0 Å². The summed E-state index contributed by atoms with van der Waals surface area (Å²) in [4.78, 5) is 36.2. The van der Waals surface area contributed by atoms with Gasteiger partial charge < -0.3 is 24.8 Å². The first kappa shape index (κ1) is 24.5. The van der Waals surface area contributed by atoms with Crippen LogP contribution in [0.2, 0.25) is 0 Å². The molecule has 180 valence electrons. The maximum Gasteiger partial charge on any atom is 0.338 e. The van der Waals surface area contributed by atoms with E-state index in [-0.39, 0.29) is 46.7 Å². The summed E-state index contributed by atoms with van der Waals surface area (Å²) in [6, 6.07) is 3.21. The monoisotopic (exact) mass is 481 g/mol. The SMILES string of the molecule is CCOC(=O)C1=C(COC(=O)c2ccc(OC)c(S(=O)(=O)NC3CCCC3)c2)NC(=O)NC1. The van der Waals surface area contributed by atoms with Gasteiger partial charge in [-0.05, 0) is 38.0 Å². The van der Waals surface area contributed by atoms with Gasteiger partial charge >= 0.3 is 18.0 Å². The highest BCUT2D eigenvalue weighted by atomic mass is 32.2. The zero-order valence-corrected chi connectivity index (χ0v) is 19.2. The molecule has 1 heterocycles. The van der Waals surface area contributed by atoms with Gasteiger partial charge in [0.1, 0.15) is 17.3 Å². The number of carbonyl (C=O) groups is 3. The van der Waals surface area contributed by atoms with E-state index in [0.717, 1.165) is 25.7 Å². The van der Waals surface area contributed by atoms with E-state index in [1.54, 1.807) is 6.92 Å². The van der Waals surface area contributed by atoms with Crippen molar-refractivity contribution in [3.63, 3.8) is 0 Å². The summed E-state index contributed by atoms with van der Waals surface area (Å²) >= 11 is 0. The Balaban J connectivity index is 1.79. The van der Waals surface area contributed by atoms with Gasteiger partial charge in [0.15, 0.2) is 0 Å². The van der Waals surface area contributed by atoms with Crippen molar-refractivity contribution in [3.05, 3.63) is 35.0 Å². The van der Waals surface area contributed by atoms with E-state index in [0.29, 0.717) is 0 Å². The van der Waals surface area contributed by atoms with E-state index in [4.69, 9.17) is 14.2 Å². The molecule has 2 amide bonds. The first-order valence-electron chi connectivity index (χ1n) is 10.6. The van der Waals surface area contributed by atoms with E-state index in [2.05, 4.69) is 15.4 Å². The van der Waals surface area contributed by atoms with E-state index in [9.17, 15) is 22.8 Å². The minimum absolute atomic E-state index is 0.0267. The van der Waals surface area contributed by atoms with Crippen LogP contribution >= 0.6 is 0 Å². The molecule has 0 spiro atoms. The number of carbonyl (C=O) groups excluding carboxylic acids is 3. The average Bonchev–Trinajstić information content (AvgIpc) is 3.29. The number of benzene rings is 1. The third-order valence-electron chi connectivity index (χ3n) is 5.29. The normalized spacial score (nSPS) is 16.7. The van der Waals surface area contributed by atoms with Gasteiger partial charge in [0.2, 0.25) is 10.0 Å². The summed E-state index contributed by atoms with van der Waals surface area (Å²) in [5.41, 5.74) is 0.193. The van der Waals surface area contributed by atoms with Crippen LogP contribution in [-0.2, 0) is 24.3 Å². The van der Waals surface area contributed by atoms with Crippen molar-refractivity contribution in [2.45, 2.75) is 43.5 Å². The van der Waals surface area contributed by atoms with Gasteiger partial charge in [-0.1, -0.05) is 12.8 Å². The number of ether oxygens (including phenoxy) is 3. The predicted molar refractivity (Wildman–Crippen MR) is 116 cm³/mol. The Morgan fingerprint density at radius 1 is 1.15 bits per heavy atom. The molecule has 0 atom stereocenters. The van der Waals surface area contributed by atoms with Gasteiger partial charge in [-0.2, -0.15) is 0 Å². The highest BCUT2D eigenvalue weighted by Gasteiger charge is 2.28. The standard InChI is InChI=1S/C21H27N3O8S/c1-3-31-20(26)15-11-22-21(27)23-16(15)12-32-19(25)13-8-9-17(30-2)18(10-13)33(28,29)24-14-6-4-5-7-14/h8-10,14,24H,3-7,11-12H2,1-2H3,(H2,22,23,27). The molecule has 1 fully saturated rings. The largest absolute Gasteiger partial charge is 0.495 e. The lowest BCUT2D eigenvalue weighted by atomic mass is 10.1. The molecule has 0 unspecified atom stereocenters. The van der Waals surface area contributed by atoms with Crippen LogP contribution in [0, 0.1) is 0 Å². The van der Waals surface area contributed by atoms with Crippen molar-refractivity contribution in [1.29, 1.82) is 0 Å². The predicted octanol–water partition coefficient (Wildman–Crippen LogP) is 1.20. The molecule has 11 nitrogen and oxygen atoms in total. The Bertz CT molecular complexity index is 1060. The molecule has 3 N–H and O–H groups in total. The summed E-state index contributed by atoms with van der Waals surface area (Å²) in [6.45, 7) is 1.30. The lowest BCUT2D eigenvalue weighted by Crippen LogP contribution is -2.45. The van der Waals surface area contributed by atoms with Crippen LogP contribution < -0.4 is 20.1 Å². The molecule has 2 aliphatic rings. The van der Waals surface area contributed by atoms with Crippen LogP contribution in [0.25, 0.3) is 0 Å². The maximum atomic E-state index is 12.9. The van der Waals surface area contributed by atoms with Crippen molar-refractivity contribution < 1.29 is 37.0 Å². The number of urea groups is 1. The summed E-state index contributed by atoms with van der Waals surface area (Å²) in [5.74, 6) is -1.39. The third-order valence-corrected chi connectivity index (χ3v) is 6.83. The molecule has 1 saturated carbocycles. The van der Waals surface area contributed by atoms with Gasteiger partial charge in [-0.15, -0.1) is 0 Å². The van der Waals surface area contributed by atoms with Crippen LogP contribution in [0.5, 0.6) is 5.75 Å². The topological polar surface area (TPSA) is 149 Å². The van der Waals surface area contributed by atoms with Crippen molar-refractivity contribution in [2.75, 3.05) is 26.9 Å². The second-order valence-corrected chi connectivity index (χ2v) is 9.21. The molecule has 1 aliphatic heterocycles. The minimum atomic E-state index is -3.93. The summed E-state index contributed by atoms with van der Waals surface area (Å²) in [6.07, 6.45) is 3.41. The van der Waals surface area contributed by atoms with Crippen molar-refractivity contribution in [2.24, 2.45) is 0 Å². The number of esters is 2. The summed E-state index contributed by atoms with van der Waals surface area (Å²) in [7, 11) is -2.59.